The average molecular weight is 323 g/mol. The summed E-state index contributed by atoms with van der Waals surface area (Å²) >= 11 is 1.39. The Morgan fingerprint density at radius 3 is 2.73 bits per heavy atom. The van der Waals surface area contributed by atoms with Crippen molar-refractivity contribution >= 4 is 29.0 Å². The summed E-state index contributed by atoms with van der Waals surface area (Å²) in [6.45, 7) is 0.677. The Kier molecular flexibility index (Phi) is 6.12. The van der Waals surface area contributed by atoms with Gasteiger partial charge < -0.3 is 10.0 Å². The average Bonchev–Trinajstić information content (AvgIpc) is 3.05. The van der Waals surface area contributed by atoms with E-state index < -0.39 is 5.97 Å². The van der Waals surface area contributed by atoms with Gasteiger partial charge in [0.2, 0.25) is 5.91 Å². The zero-order valence-corrected chi connectivity index (χ0v) is 13.3. The molecule has 5 nitrogen and oxygen atoms in total. The van der Waals surface area contributed by atoms with Crippen molar-refractivity contribution in [2.75, 3.05) is 6.54 Å². The molecule has 1 aliphatic heterocycles. The molecule has 1 aromatic heterocycles. The van der Waals surface area contributed by atoms with Crippen molar-refractivity contribution in [1.82, 2.24) is 4.90 Å². The molecule has 0 saturated carbocycles. The molecule has 1 aliphatic rings. The van der Waals surface area contributed by atoms with Crippen LogP contribution in [0.5, 0.6) is 0 Å². The number of carboxylic acid groups (broad SMARTS) is 1. The van der Waals surface area contributed by atoms with Crippen molar-refractivity contribution in [1.29, 1.82) is 0 Å². The van der Waals surface area contributed by atoms with Crippen molar-refractivity contribution in [2.45, 2.75) is 51.0 Å². The van der Waals surface area contributed by atoms with E-state index in [0.29, 0.717) is 17.8 Å². The number of amides is 1. The topological polar surface area (TPSA) is 74.7 Å². The van der Waals surface area contributed by atoms with E-state index in [1.165, 1.54) is 11.3 Å². The van der Waals surface area contributed by atoms with E-state index >= 15 is 0 Å². The number of Topliss-reactive ketones (excluding diaryl/α,β-unsaturated/α-hetero) is 1. The monoisotopic (exact) mass is 323 g/mol. The number of carbonyl (C=O) groups excluding carboxylic acids is 2. The van der Waals surface area contributed by atoms with Gasteiger partial charge in [0, 0.05) is 31.8 Å². The highest BCUT2D eigenvalue weighted by atomic mass is 32.1. The highest BCUT2D eigenvalue weighted by Crippen LogP contribution is 2.22. The second-order valence-corrected chi connectivity index (χ2v) is 6.52. The fraction of sp³-hybridized carbons (Fsp3) is 0.562. The van der Waals surface area contributed by atoms with Gasteiger partial charge in [-0.2, -0.15) is 0 Å². The second kappa shape index (κ2) is 8.08. The van der Waals surface area contributed by atoms with Gasteiger partial charge in [-0.3, -0.25) is 14.4 Å². The fourth-order valence-corrected chi connectivity index (χ4v) is 3.54. The molecule has 22 heavy (non-hydrogen) atoms. The van der Waals surface area contributed by atoms with Gasteiger partial charge >= 0.3 is 5.97 Å². The number of hydrogen-bond acceptors (Lipinski definition) is 4. The van der Waals surface area contributed by atoms with Crippen molar-refractivity contribution in [3.63, 3.8) is 0 Å². The first-order chi connectivity index (χ1) is 10.6. The Morgan fingerprint density at radius 2 is 2.05 bits per heavy atom. The van der Waals surface area contributed by atoms with E-state index in [9.17, 15) is 14.4 Å². The summed E-state index contributed by atoms with van der Waals surface area (Å²) in [5, 5.41) is 10.7. The Labute approximate surface area is 133 Å². The smallest absolute Gasteiger partial charge is 0.303 e. The zero-order chi connectivity index (χ0) is 15.9. The quantitative estimate of drug-likeness (QED) is 0.783. The van der Waals surface area contributed by atoms with Gasteiger partial charge in [0.15, 0.2) is 5.78 Å². The zero-order valence-electron chi connectivity index (χ0n) is 12.5. The number of likely N-dealkylation sites (tertiary alicyclic amines) is 1. The minimum atomic E-state index is -0.828. The second-order valence-electron chi connectivity index (χ2n) is 5.57. The molecule has 1 atom stereocenters. The van der Waals surface area contributed by atoms with Crippen LogP contribution in [0.15, 0.2) is 17.5 Å². The van der Waals surface area contributed by atoms with Crippen molar-refractivity contribution in [3.8, 4) is 0 Å². The number of piperidine rings is 1. The summed E-state index contributed by atoms with van der Waals surface area (Å²) in [5.74, 6) is -0.853. The van der Waals surface area contributed by atoms with Crippen LogP contribution in [0, 0.1) is 0 Å². The maximum atomic E-state index is 12.4. The molecule has 0 radical (unpaired) electrons. The molecule has 2 heterocycles. The van der Waals surface area contributed by atoms with Crippen LogP contribution < -0.4 is 0 Å². The van der Waals surface area contributed by atoms with E-state index in [1.807, 2.05) is 11.4 Å². The van der Waals surface area contributed by atoms with Crippen molar-refractivity contribution in [3.05, 3.63) is 22.4 Å². The lowest BCUT2D eigenvalue weighted by atomic mass is 9.97. The number of rotatable bonds is 7. The molecule has 1 unspecified atom stereocenters. The summed E-state index contributed by atoms with van der Waals surface area (Å²) in [7, 11) is 0. The first-order valence-electron chi connectivity index (χ1n) is 7.66. The number of thiophene rings is 1. The summed E-state index contributed by atoms with van der Waals surface area (Å²) in [4.78, 5) is 37.5. The molecule has 0 bridgehead atoms. The van der Waals surface area contributed by atoms with Gasteiger partial charge in [-0.15, -0.1) is 11.3 Å². The lowest BCUT2D eigenvalue weighted by molar-refractivity contribution is -0.140. The number of aliphatic carboxylic acids is 1. The van der Waals surface area contributed by atoms with Gasteiger partial charge in [-0.1, -0.05) is 6.07 Å². The van der Waals surface area contributed by atoms with Gasteiger partial charge in [0.05, 0.1) is 4.88 Å². The maximum absolute atomic E-state index is 12.4. The van der Waals surface area contributed by atoms with Crippen LogP contribution in [0.3, 0.4) is 0 Å². The lowest BCUT2D eigenvalue weighted by Crippen LogP contribution is -2.44. The molecule has 1 amide bonds. The number of carboxylic acids is 1. The summed E-state index contributed by atoms with van der Waals surface area (Å²) in [6.07, 6.45) is 3.86. The first-order valence-corrected chi connectivity index (χ1v) is 8.54. The molecular weight excluding hydrogens is 302 g/mol. The van der Waals surface area contributed by atoms with E-state index in [1.54, 1.807) is 11.0 Å². The van der Waals surface area contributed by atoms with Gasteiger partial charge in [-0.25, -0.2) is 0 Å². The number of ketones is 1. The maximum Gasteiger partial charge on any atom is 0.303 e. The van der Waals surface area contributed by atoms with Crippen molar-refractivity contribution in [2.24, 2.45) is 0 Å². The third-order valence-electron chi connectivity index (χ3n) is 4.00. The predicted molar refractivity (Wildman–Crippen MR) is 84.1 cm³/mol. The molecule has 0 spiro atoms. The Balaban J connectivity index is 1.86. The molecule has 1 fully saturated rings. The molecule has 1 saturated heterocycles. The molecule has 6 heteroatoms. The molecular formula is C16H21NO4S. The summed E-state index contributed by atoms with van der Waals surface area (Å²) in [6, 6.07) is 3.61. The number of nitrogens with zero attached hydrogens (tertiary/aromatic N) is 1. The summed E-state index contributed by atoms with van der Waals surface area (Å²) in [5.41, 5.74) is 0. The van der Waals surface area contributed by atoms with Crippen LogP contribution in [0.25, 0.3) is 0 Å². The van der Waals surface area contributed by atoms with Crippen molar-refractivity contribution < 1.29 is 19.5 Å². The Bertz CT molecular complexity index is 526. The van der Waals surface area contributed by atoms with Gasteiger partial charge in [0.25, 0.3) is 0 Å². The van der Waals surface area contributed by atoms with Crippen LogP contribution in [0.4, 0.5) is 0 Å². The molecule has 1 N–H and O–H groups in total. The van der Waals surface area contributed by atoms with Crippen LogP contribution in [0.1, 0.15) is 54.6 Å². The third-order valence-corrected chi connectivity index (χ3v) is 4.91. The fourth-order valence-electron chi connectivity index (χ4n) is 2.84. The van der Waals surface area contributed by atoms with E-state index in [2.05, 4.69) is 0 Å². The molecule has 2 rings (SSSR count). The largest absolute Gasteiger partial charge is 0.481 e. The minimum Gasteiger partial charge on any atom is -0.481 e. The third kappa shape index (κ3) is 4.66. The predicted octanol–water partition coefficient (Wildman–Crippen LogP) is 2.96. The van der Waals surface area contributed by atoms with Gasteiger partial charge in [0.1, 0.15) is 0 Å². The highest BCUT2D eigenvalue weighted by Gasteiger charge is 2.27. The van der Waals surface area contributed by atoms with Crippen LogP contribution in [0.2, 0.25) is 0 Å². The van der Waals surface area contributed by atoms with Gasteiger partial charge in [-0.05, 0) is 37.1 Å². The molecule has 0 aromatic carbocycles. The first kappa shape index (κ1) is 16.7. The van der Waals surface area contributed by atoms with Crippen LogP contribution >= 0.6 is 11.3 Å². The Morgan fingerprint density at radius 1 is 1.23 bits per heavy atom. The van der Waals surface area contributed by atoms with E-state index in [-0.39, 0.29) is 37.0 Å². The van der Waals surface area contributed by atoms with Crippen LogP contribution in [-0.2, 0) is 9.59 Å². The lowest BCUT2D eigenvalue weighted by Gasteiger charge is -2.35. The number of hydrogen-bond donors (Lipinski definition) is 1. The van der Waals surface area contributed by atoms with Crippen LogP contribution in [-0.4, -0.2) is 40.3 Å². The molecule has 0 aliphatic carbocycles. The van der Waals surface area contributed by atoms with E-state index in [0.717, 1.165) is 19.3 Å². The molecule has 1 aromatic rings. The summed E-state index contributed by atoms with van der Waals surface area (Å²) < 4.78 is 0. The standard InChI is InChI=1S/C16H21NO4S/c18-13(14-5-3-11-22-14)7-8-15(19)17-10-2-1-4-12(17)6-9-16(20)21/h3,5,11-12H,1-2,4,6-10H2,(H,20,21). The minimum absolute atomic E-state index is 0.00226. The molecule has 120 valence electrons. The number of carbonyl (C=O) groups is 3. The van der Waals surface area contributed by atoms with E-state index in [4.69, 9.17) is 5.11 Å². The Hall–Kier alpha value is -1.69. The SMILES string of the molecule is O=C(O)CCC1CCCCN1C(=O)CCC(=O)c1cccs1. The normalized spacial score (nSPS) is 18.2. The highest BCUT2D eigenvalue weighted by molar-refractivity contribution is 7.12.